The first-order valence-corrected chi connectivity index (χ1v) is 10.8. The van der Waals surface area contributed by atoms with Crippen LogP contribution in [0.3, 0.4) is 0 Å². The van der Waals surface area contributed by atoms with E-state index in [0.717, 1.165) is 19.3 Å². The van der Waals surface area contributed by atoms with E-state index in [0.29, 0.717) is 26.1 Å². The molecule has 6 nitrogen and oxygen atoms in total. The summed E-state index contributed by atoms with van der Waals surface area (Å²) in [5.41, 5.74) is 1.31. The number of sulfone groups is 1. The highest BCUT2D eigenvalue weighted by Gasteiger charge is 2.32. The van der Waals surface area contributed by atoms with Crippen LogP contribution in [0.25, 0.3) is 0 Å². The summed E-state index contributed by atoms with van der Waals surface area (Å²) >= 11 is 0. The molecule has 2 heterocycles. The number of hydrogen-bond acceptors (Lipinski definition) is 4. The van der Waals surface area contributed by atoms with E-state index in [-0.39, 0.29) is 29.7 Å². The molecule has 25 heavy (non-hydrogen) atoms. The summed E-state index contributed by atoms with van der Waals surface area (Å²) < 4.78 is 28.8. The SMILES string of the molecule is O=C(NC1CCS(=O)(=O)C1)N1CCC(OCCCc2ccccc2)C1. The molecular formula is C18H26N2O4S. The summed E-state index contributed by atoms with van der Waals surface area (Å²) in [6.45, 7) is 1.93. The van der Waals surface area contributed by atoms with Crippen LogP contribution in [0.15, 0.2) is 30.3 Å². The van der Waals surface area contributed by atoms with Gasteiger partial charge in [0.15, 0.2) is 9.84 Å². The molecular weight excluding hydrogens is 340 g/mol. The molecule has 0 aliphatic carbocycles. The molecule has 0 saturated carbocycles. The van der Waals surface area contributed by atoms with E-state index in [4.69, 9.17) is 4.74 Å². The van der Waals surface area contributed by atoms with Gasteiger partial charge < -0.3 is 15.0 Å². The van der Waals surface area contributed by atoms with Gasteiger partial charge in [-0.15, -0.1) is 0 Å². The van der Waals surface area contributed by atoms with E-state index < -0.39 is 9.84 Å². The van der Waals surface area contributed by atoms with Gasteiger partial charge in [-0.2, -0.15) is 0 Å². The van der Waals surface area contributed by atoms with E-state index in [2.05, 4.69) is 17.4 Å². The molecule has 2 aliphatic heterocycles. The second-order valence-electron chi connectivity index (χ2n) is 6.87. The van der Waals surface area contributed by atoms with E-state index in [1.54, 1.807) is 4.90 Å². The summed E-state index contributed by atoms with van der Waals surface area (Å²) in [7, 11) is -2.97. The summed E-state index contributed by atoms with van der Waals surface area (Å²) in [4.78, 5) is 14.0. The number of nitrogens with one attached hydrogen (secondary N) is 1. The van der Waals surface area contributed by atoms with Gasteiger partial charge in [0.25, 0.3) is 0 Å². The molecule has 2 unspecified atom stereocenters. The van der Waals surface area contributed by atoms with Crippen molar-refractivity contribution in [3.63, 3.8) is 0 Å². The normalized spacial score (nSPS) is 25.2. The van der Waals surface area contributed by atoms with Crippen LogP contribution in [-0.4, -0.2) is 62.7 Å². The zero-order chi connectivity index (χ0) is 17.7. The fourth-order valence-corrected chi connectivity index (χ4v) is 5.07. The van der Waals surface area contributed by atoms with Crippen LogP contribution in [0.5, 0.6) is 0 Å². The molecule has 2 saturated heterocycles. The molecule has 2 amide bonds. The van der Waals surface area contributed by atoms with Crippen molar-refractivity contribution in [3.05, 3.63) is 35.9 Å². The molecule has 1 N–H and O–H groups in total. The number of hydrogen-bond donors (Lipinski definition) is 1. The van der Waals surface area contributed by atoms with Gasteiger partial charge in [0, 0.05) is 25.7 Å². The quantitative estimate of drug-likeness (QED) is 0.776. The van der Waals surface area contributed by atoms with E-state index in [1.807, 2.05) is 18.2 Å². The molecule has 7 heteroatoms. The minimum absolute atomic E-state index is 0.0615. The molecule has 0 aromatic heterocycles. The van der Waals surface area contributed by atoms with Gasteiger partial charge in [-0.25, -0.2) is 13.2 Å². The zero-order valence-corrected chi connectivity index (χ0v) is 15.2. The third-order valence-electron chi connectivity index (χ3n) is 4.80. The number of likely N-dealkylation sites (tertiary alicyclic amines) is 1. The van der Waals surface area contributed by atoms with Crippen molar-refractivity contribution in [1.82, 2.24) is 10.2 Å². The minimum Gasteiger partial charge on any atom is -0.376 e. The first-order valence-electron chi connectivity index (χ1n) is 8.93. The number of ether oxygens (including phenoxy) is 1. The highest BCUT2D eigenvalue weighted by molar-refractivity contribution is 7.91. The highest BCUT2D eigenvalue weighted by atomic mass is 32.2. The molecule has 3 rings (SSSR count). The molecule has 2 aliphatic rings. The lowest BCUT2D eigenvalue weighted by atomic mass is 10.1. The van der Waals surface area contributed by atoms with E-state index in [1.165, 1.54) is 5.56 Å². The van der Waals surface area contributed by atoms with Crippen molar-refractivity contribution in [3.8, 4) is 0 Å². The van der Waals surface area contributed by atoms with Crippen LogP contribution in [-0.2, 0) is 21.0 Å². The van der Waals surface area contributed by atoms with Gasteiger partial charge >= 0.3 is 6.03 Å². The third-order valence-corrected chi connectivity index (χ3v) is 6.57. The molecule has 0 radical (unpaired) electrons. The fraction of sp³-hybridized carbons (Fsp3) is 0.611. The zero-order valence-electron chi connectivity index (χ0n) is 14.4. The van der Waals surface area contributed by atoms with Gasteiger partial charge in [0.1, 0.15) is 0 Å². The first kappa shape index (κ1) is 18.2. The molecule has 1 aromatic carbocycles. The summed E-state index contributed by atoms with van der Waals surface area (Å²) in [6, 6.07) is 9.91. The van der Waals surface area contributed by atoms with Crippen molar-refractivity contribution < 1.29 is 17.9 Å². The molecule has 0 spiro atoms. The lowest BCUT2D eigenvalue weighted by molar-refractivity contribution is 0.0596. The average Bonchev–Trinajstić information content (AvgIpc) is 3.19. The Morgan fingerprint density at radius 2 is 2.04 bits per heavy atom. The predicted octanol–water partition coefficient (Wildman–Crippen LogP) is 1.61. The van der Waals surface area contributed by atoms with E-state index >= 15 is 0 Å². The molecule has 1 aromatic rings. The Balaban J connectivity index is 1.33. The minimum atomic E-state index is -2.97. The largest absolute Gasteiger partial charge is 0.376 e. The van der Waals surface area contributed by atoms with E-state index in [9.17, 15) is 13.2 Å². The Morgan fingerprint density at radius 1 is 1.24 bits per heavy atom. The molecule has 138 valence electrons. The van der Waals surface area contributed by atoms with Gasteiger partial charge in [-0.1, -0.05) is 30.3 Å². The number of aryl methyl sites for hydroxylation is 1. The van der Waals surface area contributed by atoms with Crippen LogP contribution in [0, 0.1) is 0 Å². The monoisotopic (exact) mass is 366 g/mol. The van der Waals surface area contributed by atoms with Crippen molar-refractivity contribution in [2.45, 2.75) is 37.8 Å². The molecule has 2 fully saturated rings. The number of carbonyl (C=O) groups is 1. The number of nitrogens with zero attached hydrogens (tertiary/aromatic N) is 1. The van der Waals surface area contributed by atoms with Crippen molar-refractivity contribution in [2.75, 3.05) is 31.2 Å². The Labute approximate surface area is 149 Å². The predicted molar refractivity (Wildman–Crippen MR) is 96.3 cm³/mol. The second-order valence-corrected chi connectivity index (χ2v) is 9.09. The standard InChI is InChI=1S/C18H26N2O4S/c21-18(19-16-9-12-25(22,23)14-16)20-10-8-17(13-20)24-11-4-7-15-5-2-1-3-6-15/h1-3,5-6,16-17H,4,7-14H2,(H,19,21). The van der Waals surface area contributed by atoms with Crippen LogP contribution in [0.4, 0.5) is 4.79 Å². The number of rotatable bonds is 6. The number of benzene rings is 1. The van der Waals surface area contributed by atoms with Crippen LogP contribution < -0.4 is 5.32 Å². The van der Waals surface area contributed by atoms with Crippen molar-refractivity contribution >= 4 is 15.9 Å². The first-order chi connectivity index (χ1) is 12.0. The summed E-state index contributed by atoms with van der Waals surface area (Å²) in [6.07, 6.45) is 3.39. The topological polar surface area (TPSA) is 75.7 Å². The molecule has 0 bridgehead atoms. The maximum Gasteiger partial charge on any atom is 0.317 e. The van der Waals surface area contributed by atoms with Gasteiger partial charge in [0.2, 0.25) is 0 Å². The Bertz CT molecular complexity index is 678. The van der Waals surface area contributed by atoms with Crippen LogP contribution in [0.2, 0.25) is 0 Å². The Hall–Kier alpha value is -1.60. The smallest absolute Gasteiger partial charge is 0.317 e. The summed E-state index contributed by atoms with van der Waals surface area (Å²) in [5.74, 6) is 0.233. The number of carbonyl (C=O) groups excluding carboxylic acids is 1. The van der Waals surface area contributed by atoms with Crippen molar-refractivity contribution in [2.24, 2.45) is 0 Å². The maximum atomic E-state index is 12.2. The molecule has 2 atom stereocenters. The lowest BCUT2D eigenvalue weighted by Gasteiger charge is -2.20. The van der Waals surface area contributed by atoms with Gasteiger partial charge in [-0.05, 0) is 31.2 Å². The van der Waals surface area contributed by atoms with Crippen LogP contribution in [0.1, 0.15) is 24.8 Å². The third kappa shape index (κ3) is 5.44. The number of amides is 2. The second kappa shape index (κ2) is 8.19. The summed E-state index contributed by atoms with van der Waals surface area (Å²) in [5, 5.41) is 2.84. The fourth-order valence-electron chi connectivity index (χ4n) is 3.39. The average molecular weight is 366 g/mol. The Kier molecular flexibility index (Phi) is 5.96. The number of urea groups is 1. The maximum absolute atomic E-state index is 12.2. The van der Waals surface area contributed by atoms with Crippen LogP contribution >= 0.6 is 0 Å². The Morgan fingerprint density at radius 3 is 2.76 bits per heavy atom. The highest BCUT2D eigenvalue weighted by Crippen LogP contribution is 2.16. The van der Waals surface area contributed by atoms with Crippen molar-refractivity contribution in [1.29, 1.82) is 0 Å². The van der Waals surface area contributed by atoms with Gasteiger partial charge in [-0.3, -0.25) is 0 Å². The van der Waals surface area contributed by atoms with Gasteiger partial charge in [0.05, 0.1) is 17.6 Å². The lowest BCUT2D eigenvalue weighted by Crippen LogP contribution is -2.44.